The third-order valence-corrected chi connectivity index (χ3v) is 2.36. The van der Waals surface area contributed by atoms with Gasteiger partial charge in [0.2, 0.25) is 0 Å². The molecule has 0 rings (SSSR count). The third-order valence-electron chi connectivity index (χ3n) is 2.36. The summed E-state index contributed by atoms with van der Waals surface area (Å²) >= 11 is 0. The summed E-state index contributed by atoms with van der Waals surface area (Å²) in [5.74, 6) is 0.762. The van der Waals surface area contributed by atoms with Crippen LogP contribution in [0.5, 0.6) is 0 Å². The number of alkyl carbamates (subject to hydrolysis) is 1. The zero-order valence-corrected chi connectivity index (χ0v) is 17.3. The van der Waals surface area contributed by atoms with E-state index in [1.807, 2.05) is 41.5 Å². The van der Waals surface area contributed by atoms with E-state index in [9.17, 15) is 4.79 Å². The number of hydrogen-bond donors (Lipinski definition) is 3. The molecule has 0 radical (unpaired) electrons. The van der Waals surface area contributed by atoms with Gasteiger partial charge in [-0.15, -0.1) is 24.0 Å². The number of carbonyl (C=O) groups is 1. The smallest absolute Gasteiger partial charge is 0.408 e. The minimum absolute atomic E-state index is 0. The van der Waals surface area contributed by atoms with Crippen LogP contribution in [0.4, 0.5) is 4.79 Å². The number of nitrogens with zero attached hydrogens (tertiary/aromatic N) is 1. The van der Waals surface area contributed by atoms with Gasteiger partial charge in [0.25, 0.3) is 0 Å². The first-order chi connectivity index (χ1) is 9.59. The lowest BCUT2D eigenvalue weighted by molar-refractivity contribution is 0.0476. The average molecular weight is 428 g/mol. The predicted molar refractivity (Wildman–Crippen MR) is 103 cm³/mol. The first-order valence-electron chi connectivity index (χ1n) is 7.63. The first-order valence-corrected chi connectivity index (χ1v) is 7.63. The Balaban J connectivity index is 0. The maximum atomic E-state index is 11.8. The number of rotatable bonds is 6. The molecule has 0 aliphatic carbocycles. The van der Waals surface area contributed by atoms with Gasteiger partial charge < -0.3 is 20.7 Å². The Morgan fingerprint density at radius 2 is 1.68 bits per heavy atom. The highest BCUT2D eigenvalue weighted by atomic mass is 127. The Morgan fingerprint density at radius 1 is 1.09 bits per heavy atom. The molecule has 0 heterocycles. The highest BCUT2D eigenvalue weighted by Crippen LogP contribution is 2.09. The number of carbonyl (C=O) groups excluding carboxylic acids is 1. The van der Waals surface area contributed by atoms with Gasteiger partial charge in [-0.1, -0.05) is 6.92 Å². The maximum Gasteiger partial charge on any atom is 0.408 e. The molecule has 0 aliphatic heterocycles. The molecule has 0 spiro atoms. The van der Waals surface area contributed by atoms with Crippen LogP contribution in [-0.2, 0) is 4.74 Å². The second-order valence-corrected chi connectivity index (χ2v) is 6.63. The minimum atomic E-state index is -0.499. The predicted octanol–water partition coefficient (Wildman–Crippen LogP) is 2.87. The average Bonchev–Trinajstić information content (AvgIpc) is 2.29. The summed E-state index contributed by atoms with van der Waals surface area (Å²) in [5.41, 5.74) is -0.974. The molecule has 132 valence electrons. The maximum absolute atomic E-state index is 11.8. The summed E-state index contributed by atoms with van der Waals surface area (Å²) in [6, 6.07) is 0. The third kappa shape index (κ3) is 13.0. The topological polar surface area (TPSA) is 74.8 Å². The van der Waals surface area contributed by atoms with Gasteiger partial charge in [-0.05, 0) is 48.0 Å². The molecule has 0 aromatic carbocycles. The Hall–Kier alpha value is -0.730. The molecule has 0 saturated carbocycles. The molecular formula is C15H33IN4O2. The van der Waals surface area contributed by atoms with E-state index >= 15 is 0 Å². The van der Waals surface area contributed by atoms with Gasteiger partial charge in [-0.2, -0.15) is 0 Å². The molecule has 0 fully saturated rings. The summed E-state index contributed by atoms with van der Waals surface area (Å²) in [4.78, 5) is 16.3. The Bertz CT molecular complexity index is 352. The number of guanidine groups is 1. The molecule has 3 N–H and O–H groups in total. The van der Waals surface area contributed by atoms with Crippen molar-refractivity contribution < 1.29 is 9.53 Å². The van der Waals surface area contributed by atoms with Crippen molar-refractivity contribution in [1.29, 1.82) is 0 Å². The van der Waals surface area contributed by atoms with Crippen molar-refractivity contribution in [3.05, 3.63) is 0 Å². The van der Waals surface area contributed by atoms with E-state index < -0.39 is 17.2 Å². The first kappa shape index (κ1) is 23.5. The number of halogens is 1. The lowest BCUT2D eigenvalue weighted by atomic mass is 10.1. The van der Waals surface area contributed by atoms with Crippen molar-refractivity contribution in [2.75, 3.05) is 19.6 Å². The van der Waals surface area contributed by atoms with Gasteiger partial charge in [-0.3, -0.25) is 4.99 Å². The van der Waals surface area contributed by atoms with E-state index in [0.717, 1.165) is 25.5 Å². The van der Waals surface area contributed by atoms with Crippen LogP contribution in [0.1, 0.15) is 54.9 Å². The second kappa shape index (κ2) is 10.9. The fourth-order valence-electron chi connectivity index (χ4n) is 1.48. The van der Waals surface area contributed by atoms with Crippen LogP contribution >= 0.6 is 24.0 Å². The molecule has 1 amide bonds. The Kier molecular flexibility index (Phi) is 11.7. The SMILES string of the molecule is CCCNC(=NCC(C)(C)NC(=O)OC(C)(C)C)NCC.I. The van der Waals surface area contributed by atoms with Crippen LogP contribution in [0.25, 0.3) is 0 Å². The second-order valence-electron chi connectivity index (χ2n) is 6.63. The molecule has 0 bridgehead atoms. The van der Waals surface area contributed by atoms with E-state index in [2.05, 4.69) is 27.9 Å². The van der Waals surface area contributed by atoms with E-state index in [1.165, 1.54) is 0 Å². The monoisotopic (exact) mass is 428 g/mol. The van der Waals surface area contributed by atoms with Crippen molar-refractivity contribution in [2.24, 2.45) is 4.99 Å². The summed E-state index contributed by atoms with van der Waals surface area (Å²) < 4.78 is 5.26. The van der Waals surface area contributed by atoms with E-state index in [-0.39, 0.29) is 24.0 Å². The molecule has 0 aliphatic rings. The number of ether oxygens (including phenoxy) is 1. The van der Waals surface area contributed by atoms with Crippen LogP contribution < -0.4 is 16.0 Å². The van der Waals surface area contributed by atoms with Crippen LogP contribution in [0.15, 0.2) is 4.99 Å². The lowest BCUT2D eigenvalue weighted by Crippen LogP contribution is -2.48. The summed E-state index contributed by atoms with van der Waals surface area (Å²) in [6.45, 7) is 15.6. The van der Waals surface area contributed by atoms with Crippen molar-refractivity contribution in [3.63, 3.8) is 0 Å². The number of amides is 1. The molecule has 0 aromatic rings. The number of aliphatic imine (C=N–C) groups is 1. The van der Waals surface area contributed by atoms with Crippen molar-refractivity contribution in [3.8, 4) is 0 Å². The van der Waals surface area contributed by atoms with Gasteiger partial charge >= 0.3 is 6.09 Å². The normalized spacial score (nSPS) is 12.2. The van der Waals surface area contributed by atoms with Gasteiger partial charge in [0.05, 0.1) is 12.1 Å². The summed E-state index contributed by atoms with van der Waals surface area (Å²) in [5, 5.41) is 9.25. The zero-order chi connectivity index (χ0) is 16.5. The van der Waals surface area contributed by atoms with Crippen LogP contribution in [0.2, 0.25) is 0 Å². The molecule has 0 saturated heterocycles. The van der Waals surface area contributed by atoms with E-state index in [0.29, 0.717) is 6.54 Å². The van der Waals surface area contributed by atoms with Crippen molar-refractivity contribution in [1.82, 2.24) is 16.0 Å². The molecule has 0 atom stereocenters. The Morgan fingerprint density at radius 3 is 2.14 bits per heavy atom. The largest absolute Gasteiger partial charge is 0.444 e. The fourth-order valence-corrected chi connectivity index (χ4v) is 1.48. The standard InChI is InChI=1S/C15H32N4O2.HI/c1-8-10-17-12(16-9-2)18-11-15(6,7)19-13(20)21-14(3,4)5;/h8-11H2,1-7H3,(H,19,20)(H2,16,17,18);1H. The summed E-state index contributed by atoms with van der Waals surface area (Å²) in [6.07, 6.45) is 0.610. The minimum Gasteiger partial charge on any atom is -0.444 e. The number of nitrogens with one attached hydrogen (secondary N) is 3. The van der Waals surface area contributed by atoms with Gasteiger partial charge in [0, 0.05) is 13.1 Å². The quantitative estimate of drug-likeness (QED) is 0.346. The van der Waals surface area contributed by atoms with Crippen LogP contribution in [-0.4, -0.2) is 42.8 Å². The Labute approximate surface area is 152 Å². The molecule has 22 heavy (non-hydrogen) atoms. The van der Waals surface area contributed by atoms with E-state index in [4.69, 9.17) is 4.74 Å². The molecule has 0 aromatic heterocycles. The molecule has 7 heteroatoms. The van der Waals surface area contributed by atoms with Gasteiger partial charge in [-0.25, -0.2) is 4.79 Å². The highest BCUT2D eigenvalue weighted by Gasteiger charge is 2.24. The van der Waals surface area contributed by atoms with Crippen molar-refractivity contribution in [2.45, 2.75) is 66.0 Å². The molecule has 0 unspecified atom stereocenters. The highest BCUT2D eigenvalue weighted by molar-refractivity contribution is 14.0. The van der Waals surface area contributed by atoms with Crippen LogP contribution in [0, 0.1) is 0 Å². The van der Waals surface area contributed by atoms with Crippen molar-refractivity contribution >= 4 is 36.0 Å². The summed E-state index contributed by atoms with van der Waals surface area (Å²) in [7, 11) is 0. The fraction of sp³-hybridized carbons (Fsp3) is 0.867. The number of hydrogen-bond acceptors (Lipinski definition) is 3. The van der Waals surface area contributed by atoms with Gasteiger partial charge in [0.1, 0.15) is 5.60 Å². The lowest BCUT2D eigenvalue weighted by Gasteiger charge is -2.27. The van der Waals surface area contributed by atoms with Crippen LogP contribution in [0.3, 0.4) is 0 Å². The zero-order valence-electron chi connectivity index (χ0n) is 15.0. The van der Waals surface area contributed by atoms with Gasteiger partial charge in [0.15, 0.2) is 5.96 Å². The molecule has 6 nitrogen and oxygen atoms in total. The van der Waals surface area contributed by atoms with E-state index in [1.54, 1.807) is 0 Å². The molecular weight excluding hydrogens is 395 g/mol.